The van der Waals surface area contributed by atoms with Crippen molar-refractivity contribution < 1.29 is 4.74 Å². The second-order valence-electron chi connectivity index (χ2n) is 11.0. The summed E-state index contributed by atoms with van der Waals surface area (Å²) < 4.78 is 8.93. The zero-order chi connectivity index (χ0) is 28.3. The Balaban J connectivity index is 1.26. The molecule has 0 aliphatic carbocycles. The highest BCUT2D eigenvalue weighted by atomic mass is 16.5. The van der Waals surface area contributed by atoms with Crippen LogP contribution in [-0.2, 0) is 0 Å². The average Bonchev–Trinajstić information content (AvgIpc) is 3.40. The zero-order valence-corrected chi connectivity index (χ0v) is 23.3. The first-order valence-electron chi connectivity index (χ1n) is 14.6. The van der Waals surface area contributed by atoms with Crippen LogP contribution in [0.2, 0.25) is 0 Å². The molecule has 1 aromatic heterocycles. The smallest absolute Gasteiger partial charge is 0.137 e. The van der Waals surface area contributed by atoms with Crippen LogP contribution < -0.4 is 9.64 Å². The number of anilines is 3. The van der Waals surface area contributed by atoms with Crippen molar-refractivity contribution >= 4 is 49.6 Å². The van der Waals surface area contributed by atoms with Crippen molar-refractivity contribution in [3.8, 4) is 28.3 Å². The summed E-state index contributed by atoms with van der Waals surface area (Å²) in [5.41, 5.74) is 9.04. The summed E-state index contributed by atoms with van der Waals surface area (Å²) in [6.07, 6.45) is 0. The van der Waals surface area contributed by atoms with E-state index in [1.807, 2.05) is 0 Å². The normalized spacial score (nSPS) is 11.9. The topological polar surface area (TPSA) is 17.4 Å². The van der Waals surface area contributed by atoms with Crippen molar-refractivity contribution in [3.05, 3.63) is 158 Å². The first-order chi connectivity index (χ1) is 21.3. The largest absolute Gasteiger partial charge is 0.456 e. The van der Waals surface area contributed by atoms with Crippen molar-refractivity contribution in [2.75, 3.05) is 4.90 Å². The number of ether oxygens (including phenoxy) is 1. The summed E-state index contributed by atoms with van der Waals surface area (Å²) in [7, 11) is 0. The molecule has 9 rings (SSSR count). The summed E-state index contributed by atoms with van der Waals surface area (Å²) >= 11 is 0. The van der Waals surface area contributed by atoms with E-state index < -0.39 is 0 Å². The van der Waals surface area contributed by atoms with Crippen LogP contribution in [0.1, 0.15) is 0 Å². The first kappa shape index (κ1) is 23.9. The summed E-state index contributed by atoms with van der Waals surface area (Å²) in [5.74, 6) is 1.77. The predicted molar refractivity (Wildman–Crippen MR) is 178 cm³/mol. The third-order valence-electron chi connectivity index (χ3n) is 8.54. The van der Waals surface area contributed by atoms with Crippen molar-refractivity contribution in [2.24, 2.45) is 0 Å². The molecule has 0 saturated heterocycles. The van der Waals surface area contributed by atoms with Crippen molar-refractivity contribution in [3.63, 3.8) is 0 Å². The molecule has 7 aromatic carbocycles. The van der Waals surface area contributed by atoms with E-state index in [2.05, 4.69) is 167 Å². The van der Waals surface area contributed by atoms with Crippen LogP contribution in [0.25, 0.3) is 49.4 Å². The van der Waals surface area contributed by atoms with Gasteiger partial charge in [0.15, 0.2) is 0 Å². The molecule has 0 atom stereocenters. The van der Waals surface area contributed by atoms with Gasteiger partial charge in [-0.15, -0.1) is 0 Å². The van der Waals surface area contributed by atoms with Gasteiger partial charge in [-0.25, -0.2) is 0 Å². The van der Waals surface area contributed by atoms with Crippen molar-refractivity contribution in [1.29, 1.82) is 0 Å². The summed E-state index contributed by atoms with van der Waals surface area (Å²) in [6.45, 7) is 0. The standard InChI is InChI=1S/C40H26N2O/c1-3-13-28(14-4-1)41(31-22-24-34-35-18-9-11-27-12-10-20-38(40(27)35)43-39(34)26-31)30-21-23-33-32-17-7-8-19-36(32)42(37(33)25-30)29-15-5-2-6-16-29/h1-26H. The fourth-order valence-electron chi connectivity index (χ4n) is 6.67. The second kappa shape index (κ2) is 9.37. The van der Waals surface area contributed by atoms with E-state index >= 15 is 0 Å². The lowest BCUT2D eigenvalue weighted by atomic mass is 9.94. The molecule has 1 aliphatic rings. The molecule has 0 amide bonds. The molecule has 202 valence electrons. The van der Waals surface area contributed by atoms with Gasteiger partial charge in [0.05, 0.1) is 11.0 Å². The molecule has 0 fully saturated rings. The third-order valence-corrected chi connectivity index (χ3v) is 8.54. The van der Waals surface area contributed by atoms with Crippen molar-refractivity contribution in [2.45, 2.75) is 0 Å². The van der Waals surface area contributed by atoms with Crippen LogP contribution in [0.3, 0.4) is 0 Å². The van der Waals surface area contributed by atoms with E-state index in [0.717, 1.165) is 39.8 Å². The highest BCUT2D eigenvalue weighted by Crippen LogP contribution is 2.49. The molecule has 0 N–H and O–H groups in total. The van der Waals surface area contributed by atoms with Crippen molar-refractivity contribution in [1.82, 2.24) is 4.57 Å². The van der Waals surface area contributed by atoms with Gasteiger partial charge in [-0.2, -0.15) is 0 Å². The molecule has 0 bridgehead atoms. The molecular formula is C40H26N2O. The Kier molecular flexibility index (Phi) is 5.20. The lowest BCUT2D eigenvalue weighted by Crippen LogP contribution is -2.10. The minimum Gasteiger partial charge on any atom is -0.456 e. The fraction of sp³-hybridized carbons (Fsp3) is 0. The van der Waals surface area contributed by atoms with Crippen LogP contribution >= 0.6 is 0 Å². The first-order valence-corrected chi connectivity index (χ1v) is 14.6. The van der Waals surface area contributed by atoms with Gasteiger partial charge < -0.3 is 14.2 Å². The Morgan fingerprint density at radius 2 is 1.14 bits per heavy atom. The Labute approximate surface area is 249 Å². The van der Waals surface area contributed by atoms with Crippen LogP contribution in [-0.4, -0.2) is 4.57 Å². The van der Waals surface area contributed by atoms with E-state index in [1.165, 1.54) is 38.1 Å². The molecule has 2 heterocycles. The van der Waals surface area contributed by atoms with Gasteiger partial charge in [0.1, 0.15) is 11.5 Å². The third kappa shape index (κ3) is 3.68. The lowest BCUT2D eigenvalue weighted by Gasteiger charge is -2.28. The van der Waals surface area contributed by atoms with E-state index in [1.54, 1.807) is 0 Å². The van der Waals surface area contributed by atoms with Gasteiger partial charge in [-0.1, -0.05) is 91.0 Å². The number of hydrogen-bond donors (Lipinski definition) is 0. The molecule has 0 unspecified atom stereocenters. The molecular weight excluding hydrogens is 524 g/mol. The number of rotatable bonds is 4. The average molecular weight is 551 g/mol. The lowest BCUT2D eigenvalue weighted by molar-refractivity contribution is 0.487. The number of nitrogens with zero attached hydrogens (tertiary/aromatic N) is 2. The summed E-state index contributed by atoms with van der Waals surface area (Å²) in [4.78, 5) is 2.32. The number of fused-ring (bicyclic) bond motifs is 5. The van der Waals surface area contributed by atoms with Gasteiger partial charge >= 0.3 is 0 Å². The van der Waals surface area contributed by atoms with Gasteiger partial charge in [0.25, 0.3) is 0 Å². The molecule has 3 heteroatoms. The number of aromatic nitrogens is 1. The molecule has 3 nitrogen and oxygen atoms in total. The molecule has 1 aliphatic heterocycles. The van der Waals surface area contributed by atoms with Gasteiger partial charge in [-0.05, 0) is 71.6 Å². The summed E-state index contributed by atoms with van der Waals surface area (Å²) in [5, 5.41) is 4.84. The van der Waals surface area contributed by atoms with Gasteiger partial charge in [0, 0.05) is 50.5 Å². The fourth-order valence-corrected chi connectivity index (χ4v) is 6.67. The van der Waals surface area contributed by atoms with Gasteiger partial charge in [-0.3, -0.25) is 0 Å². The van der Waals surface area contributed by atoms with Gasteiger partial charge in [0.2, 0.25) is 0 Å². The van der Waals surface area contributed by atoms with E-state index in [9.17, 15) is 0 Å². The predicted octanol–water partition coefficient (Wildman–Crippen LogP) is 11.2. The Morgan fingerprint density at radius 1 is 0.442 bits per heavy atom. The maximum Gasteiger partial charge on any atom is 0.137 e. The Bertz CT molecular complexity index is 2310. The molecule has 8 aromatic rings. The molecule has 43 heavy (non-hydrogen) atoms. The number of hydrogen-bond acceptors (Lipinski definition) is 2. The molecule has 0 saturated carbocycles. The second-order valence-corrected chi connectivity index (χ2v) is 11.0. The number of benzene rings is 7. The van der Waals surface area contributed by atoms with E-state index in [4.69, 9.17) is 4.74 Å². The van der Waals surface area contributed by atoms with E-state index in [-0.39, 0.29) is 0 Å². The Hall–Kier alpha value is -5.80. The highest BCUT2D eigenvalue weighted by Gasteiger charge is 2.23. The molecule has 0 radical (unpaired) electrons. The SMILES string of the molecule is c1ccc(N(c2ccc3c(c2)Oc2cccc4cccc-3c24)c2ccc3c4ccccc4n(-c4ccccc4)c3c2)cc1. The Morgan fingerprint density at radius 3 is 2.00 bits per heavy atom. The maximum absolute atomic E-state index is 6.57. The maximum atomic E-state index is 6.57. The highest BCUT2D eigenvalue weighted by molar-refractivity contribution is 6.10. The van der Waals surface area contributed by atoms with Crippen LogP contribution in [0.5, 0.6) is 11.5 Å². The monoisotopic (exact) mass is 550 g/mol. The van der Waals surface area contributed by atoms with Crippen LogP contribution in [0.4, 0.5) is 17.1 Å². The summed E-state index contributed by atoms with van der Waals surface area (Å²) in [6, 6.07) is 55.9. The van der Waals surface area contributed by atoms with Crippen LogP contribution in [0.15, 0.2) is 158 Å². The number of para-hydroxylation sites is 3. The minimum atomic E-state index is 0.865. The minimum absolute atomic E-state index is 0.865. The van der Waals surface area contributed by atoms with E-state index in [0.29, 0.717) is 0 Å². The molecule has 0 spiro atoms. The zero-order valence-electron chi connectivity index (χ0n) is 23.3. The quantitative estimate of drug-likeness (QED) is 0.217. The van der Waals surface area contributed by atoms with Crippen LogP contribution in [0, 0.1) is 0 Å².